The number of hydrogen-bond acceptors (Lipinski definition) is 3. The molecule has 1 aliphatic rings. The lowest BCUT2D eigenvalue weighted by atomic mass is 9.94. The van der Waals surface area contributed by atoms with Crippen LogP contribution in [0.1, 0.15) is 36.0 Å². The van der Waals surface area contributed by atoms with E-state index in [0.717, 1.165) is 18.4 Å². The second-order valence-corrected chi connectivity index (χ2v) is 4.88. The molecule has 2 aromatic rings. The van der Waals surface area contributed by atoms with E-state index in [-0.39, 0.29) is 11.9 Å². The smallest absolute Gasteiger partial charge is 0.255 e. The molecule has 5 nitrogen and oxygen atoms in total. The molecule has 0 spiro atoms. The molecule has 0 aromatic carbocycles. The highest BCUT2D eigenvalue weighted by molar-refractivity contribution is 6.00. The fraction of sp³-hybridized carbons (Fsp3) is 0.357. The van der Waals surface area contributed by atoms with Gasteiger partial charge in [0.25, 0.3) is 5.91 Å². The fourth-order valence-electron chi connectivity index (χ4n) is 2.46. The van der Waals surface area contributed by atoms with Crippen LogP contribution in [0.4, 0.5) is 0 Å². The Hall–Kier alpha value is -2.17. The van der Waals surface area contributed by atoms with Gasteiger partial charge in [-0.15, -0.1) is 0 Å². The number of aromatic nitrogens is 2. The molecule has 0 atom stereocenters. The molecular weight excluding hydrogens is 242 g/mol. The molecule has 1 aliphatic carbocycles. The van der Waals surface area contributed by atoms with Crippen LogP contribution in [-0.2, 0) is 4.79 Å². The van der Waals surface area contributed by atoms with Crippen LogP contribution in [0.5, 0.6) is 0 Å². The molecule has 2 heterocycles. The van der Waals surface area contributed by atoms with Crippen molar-refractivity contribution in [3.8, 4) is 0 Å². The van der Waals surface area contributed by atoms with E-state index in [0.29, 0.717) is 24.2 Å². The minimum atomic E-state index is -0.111. The zero-order chi connectivity index (χ0) is 13.2. The number of fused-ring (bicyclic) bond motifs is 1. The van der Waals surface area contributed by atoms with E-state index < -0.39 is 0 Å². The van der Waals surface area contributed by atoms with Gasteiger partial charge >= 0.3 is 0 Å². The first-order valence-electron chi connectivity index (χ1n) is 6.49. The predicted molar refractivity (Wildman–Crippen MR) is 69.9 cm³/mol. The number of hydrogen-bond donors (Lipinski definition) is 1. The third-order valence-corrected chi connectivity index (χ3v) is 3.55. The topological polar surface area (TPSA) is 63.5 Å². The molecule has 2 aromatic heterocycles. The summed E-state index contributed by atoms with van der Waals surface area (Å²) in [4.78, 5) is 23.4. The zero-order valence-corrected chi connectivity index (χ0v) is 10.5. The van der Waals surface area contributed by atoms with Gasteiger partial charge in [0.2, 0.25) is 0 Å². The summed E-state index contributed by atoms with van der Waals surface area (Å²) >= 11 is 0. The Morgan fingerprint density at radius 3 is 2.89 bits per heavy atom. The summed E-state index contributed by atoms with van der Waals surface area (Å²) < 4.78 is 1.68. The zero-order valence-electron chi connectivity index (χ0n) is 10.5. The largest absolute Gasteiger partial charge is 0.349 e. The van der Waals surface area contributed by atoms with Gasteiger partial charge in [-0.25, -0.2) is 4.52 Å². The van der Waals surface area contributed by atoms with Crippen molar-refractivity contribution >= 4 is 17.2 Å². The van der Waals surface area contributed by atoms with Crippen LogP contribution in [0, 0.1) is 0 Å². The van der Waals surface area contributed by atoms with Crippen LogP contribution < -0.4 is 5.32 Å². The summed E-state index contributed by atoms with van der Waals surface area (Å²) in [7, 11) is 0. The van der Waals surface area contributed by atoms with Crippen molar-refractivity contribution in [3.63, 3.8) is 0 Å². The van der Waals surface area contributed by atoms with Crippen LogP contribution in [0.2, 0.25) is 0 Å². The van der Waals surface area contributed by atoms with Crippen molar-refractivity contribution in [2.75, 3.05) is 0 Å². The molecule has 0 saturated heterocycles. The van der Waals surface area contributed by atoms with Crippen molar-refractivity contribution in [1.29, 1.82) is 0 Å². The van der Waals surface area contributed by atoms with Crippen molar-refractivity contribution in [2.24, 2.45) is 0 Å². The van der Waals surface area contributed by atoms with Crippen LogP contribution in [0.15, 0.2) is 30.6 Å². The van der Waals surface area contributed by atoms with Gasteiger partial charge < -0.3 is 5.32 Å². The number of Topliss-reactive ketones (excluding diaryl/α,β-unsaturated/α-hetero) is 1. The molecule has 3 rings (SSSR count). The van der Waals surface area contributed by atoms with E-state index in [9.17, 15) is 9.59 Å². The SMILES string of the molecule is O=C1CCC(NC(=O)c2cnn3ccccc23)CC1. The number of rotatable bonds is 2. The molecular formula is C14H15N3O2. The molecule has 1 amide bonds. The summed E-state index contributed by atoms with van der Waals surface area (Å²) in [5, 5.41) is 7.14. The van der Waals surface area contributed by atoms with Crippen molar-refractivity contribution in [2.45, 2.75) is 31.7 Å². The minimum absolute atomic E-state index is 0.101. The van der Waals surface area contributed by atoms with Gasteiger partial charge in [-0.1, -0.05) is 6.07 Å². The van der Waals surface area contributed by atoms with E-state index in [1.54, 1.807) is 10.7 Å². The highest BCUT2D eigenvalue weighted by Gasteiger charge is 2.22. The number of amides is 1. The molecule has 0 bridgehead atoms. The lowest BCUT2D eigenvalue weighted by Crippen LogP contribution is -2.37. The summed E-state index contributed by atoms with van der Waals surface area (Å²) in [6.45, 7) is 0. The summed E-state index contributed by atoms with van der Waals surface area (Å²) in [6, 6.07) is 5.72. The molecule has 98 valence electrons. The van der Waals surface area contributed by atoms with E-state index in [1.165, 1.54) is 0 Å². The number of nitrogens with zero attached hydrogens (tertiary/aromatic N) is 2. The number of pyridine rings is 1. The Bertz CT molecular complexity index is 622. The fourth-order valence-corrected chi connectivity index (χ4v) is 2.46. The summed E-state index contributed by atoms with van der Waals surface area (Å²) in [5.41, 5.74) is 1.38. The molecule has 5 heteroatoms. The average molecular weight is 257 g/mol. The normalized spacial score (nSPS) is 16.7. The third-order valence-electron chi connectivity index (χ3n) is 3.55. The Labute approximate surface area is 110 Å². The first-order chi connectivity index (χ1) is 9.24. The number of ketones is 1. The van der Waals surface area contributed by atoms with Crippen LogP contribution >= 0.6 is 0 Å². The molecule has 0 aliphatic heterocycles. The van der Waals surface area contributed by atoms with Gasteiger partial charge in [0, 0.05) is 25.1 Å². The number of carbonyl (C=O) groups is 2. The number of nitrogens with one attached hydrogen (secondary N) is 1. The van der Waals surface area contributed by atoms with Gasteiger partial charge in [-0.2, -0.15) is 5.10 Å². The highest BCUT2D eigenvalue weighted by atomic mass is 16.2. The van der Waals surface area contributed by atoms with Crippen LogP contribution in [-0.4, -0.2) is 27.3 Å². The molecule has 1 N–H and O–H groups in total. The predicted octanol–water partition coefficient (Wildman–Crippen LogP) is 1.58. The van der Waals surface area contributed by atoms with Gasteiger partial charge in [-0.3, -0.25) is 9.59 Å². The van der Waals surface area contributed by atoms with Gasteiger partial charge in [0.05, 0.1) is 17.3 Å². The molecule has 0 unspecified atom stereocenters. The molecule has 19 heavy (non-hydrogen) atoms. The van der Waals surface area contributed by atoms with E-state index in [1.807, 2.05) is 24.4 Å². The Morgan fingerprint density at radius 2 is 2.11 bits per heavy atom. The maximum atomic E-state index is 12.2. The monoisotopic (exact) mass is 257 g/mol. The maximum absolute atomic E-state index is 12.2. The van der Waals surface area contributed by atoms with Crippen molar-refractivity contribution in [3.05, 3.63) is 36.2 Å². The second kappa shape index (κ2) is 4.84. The first kappa shape index (κ1) is 11.9. The molecule has 0 radical (unpaired) electrons. The Balaban J connectivity index is 1.75. The van der Waals surface area contributed by atoms with Gasteiger partial charge in [0.1, 0.15) is 5.78 Å². The Morgan fingerprint density at radius 1 is 1.32 bits per heavy atom. The van der Waals surface area contributed by atoms with E-state index in [2.05, 4.69) is 10.4 Å². The quantitative estimate of drug-likeness (QED) is 0.888. The van der Waals surface area contributed by atoms with Crippen molar-refractivity contribution < 1.29 is 9.59 Å². The molecule has 1 saturated carbocycles. The summed E-state index contributed by atoms with van der Waals surface area (Å²) in [5.74, 6) is 0.182. The second-order valence-electron chi connectivity index (χ2n) is 4.88. The van der Waals surface area contributed by atoms with Crippen LogP contribution in [0.3, 0.4) is 0 Å². The van der Waals surface area contributed by atoms with Gasteiger partial charge in [0.15, 0.2) is 0 Å². The Kier molecular flexibility index (Phi) is 3.03. The first-order valence-corrected chi connectivity index (χ1v) is 6.49. The lowest BCUT2D eigenvalue weighted by Gasteiger charge is -2.21. The minimum Gasteiger partial charge on any atom is -0.349 e. The van der Waals surface area contributed by atoms with E-state index in [4.69, 9.17) is 0 Å². The van der Waals surface area contributed by atoms with E-state index >= 15 is 0 Å². The highest BCUT2D eigenvalue weighted by Crippen LogP contribution is 2.16. The average Bonchev–Trinajstić information content (AvgIpc) is 2.85. The van der Waals surface area contributed by atoms with Crippen LogP contribution in [0.25, 0.3) is 5.52 Å². The molecule has 1 fully saturated rings. The summed E-state index contributed by atoms with van der Waals surface area (Å²) in [6.07, 6.45) is 6.01. The number of carbonyl (C=O) groups excluding carboxylic acids is 2. The lowest BCUT2D eigenvalue weighted by molar-refractivity contribution is -0.120. The van der Waals surface area contributed by atoms with Gasteiger partial charge in [-0.05, 0) is 25.0 Å². The third kappa shape index (κ3) is 2.36. The van der Waals surface area contributed by atoms with Crippen molar-refractivity contribution in [1.82, 2.24) is 14.9 Å². The standard InChI is InChI=1S/C14H15N3O2/c18-11-6-4-10(5-7-11)16-14(19)12-9-15-17-8-2-1-3-13(12)17/h1-3,8-10H,4-7H2,(H,16,19). The maximum Gasteiger partial charge on any atom is 0.255 e.